The molecule has 0 aliphatic rings. The summed E-state index contributed by atoms with van der Waals surface area (Å²) in [5.74, 6) is 0.612. The first-order valence-corrected chi connectivity index (χ1v) is 6.39. The van der Waals surface area contributed by atoms with Crippen LogP contribution in [0.5, 0.6) is 11.5 Å². The molecular weight excluding hydrogens is 313 g/mol. The van der Waals surface area contributed by atoms with E-state index < -0.39 is 5.82 Å². The molecule has 0 saturated carbocycles. The first kappa shape index (κ1) is 13.8. The Hall–Kier alpha value is -1.59. The Kier molecular flexibility index (Phi) is 4.39. The predicted molar refractivity (Wildman–Crippen MR) is 75.7 cm³/mol. The van der Waals surface area contributed by atoms with Gasteiger partial charge in [-0.15, -0.1) is 0 Å². The van der Waals surface area contributed by atoms with Crippen molar-refractivity contribution < 1.29 is 13.9 Å². The van der Waals surface area contributed by atoms with E-state index in [1.165, 1.54) is 12.1 Å². The Bertz CT molecular complexity index is 590. The summed E-state index contributed by atoms with van der Waals surface area (Å²) in [7, 11) is 1.63. The minimum Gasteiger partial charge on any atom is -0.455 e. The van der Waals surface area contributed by atoms with E-state index in [1.54, 1.807) is 13.2 Å². The lowest BCUT2D eigenvalue weighted by molar-refractivity contribution is 0.184. The summed E-state index contributed by atoms with van der Waals surface area (Å²) in [5.41, 5.74) is 6.96. The SMILES string of the molecule is COCc1cccc(Oc2cc(Br)c(F)cc2N)c1. The van der Waals surface area contributed by atoms with Gasteiger partial charge in [0, 0.05) is 19.2 Å². The second-order valence-corrected chi connectivity index (χ2v) is 4.84. The molecule has 19 heavy (non-hydrogen) atoms. The third kappa shape index (κ3) is 3.45. The normalized spacial score (nSPS) is 10.5. The number of anilines is 1. The second kappa shape index (κ2) is 6.04. The van der Waals surface area contributed by atoms with Gasteiger partial charge in [-0.25, -0.2) is 4.39 Å². The van der Waals surface area contributed by atoms with Crippen molar-refractivity contribution >= 4 is 21.6 Å². The van der Waals surface area contributed by atoms with Gasteiger partial charge in [0.2, 0.25) is 0 Å². The summed E-state index contributed by atoms with van der Waals surface area (Å²) in [6.07, 6.45) is 0. The number of benzene rings is 2. The zero-order chi connectivity index (χ0) is 13.8. The molecular formula is C14H13BrFNO2. The molecule has 0 radical (unpaired) electrons. The van der Waals surface area contributed by atoms with Crippen molar-refractivity contribution in [2.24, 2.45) is 0 Å². The predicted octanol–water partition coefficient (Wildman–Crippen LogP) is 4.11. The first-order valence-electron chi connectivity index (χ1n) is 5.60. The Morgan fingerprint density at radius 3 is 2.79 bits per heavy atom. The van der Waals surface area contributed by atoms with Gasteiger partial charge >= 0.3 is 0 Å². The van der Waals surface area contributed by atoms with Gasteiger partial charge in [-0.1, -0.05) is 12.1 Å². The molecule has 2 rings (SSSR count). The lowest BCUT2D eigenvalue weighted by Crippen LogP contribution is -1.95. The fraction of sp³-hybridized carbons (Fsp3) is 0.143. The van der Waals surface area contributed by atoms with Crippen molar-refractivity contribution in [1.82, 2.24) is 0 Å². The van der Waals surface area contributed by atoms with E-state index >= 15 is 0 Å². The van der Waals surface area contributed by atoms with Crippen molar-refractivity contribution in [3.8, 4) is 11.5 Å². The number of methoxy groups -OCH3 is 1. The molecule has 0 fully saturated rings. The summed E-state index contributed by atoms with van der Waals surface area (Å²) in [6.45, 7) is 0.500. The fourth-order valence-electron chi connectivity index (χ4n) is 1.62. The Morgan fingerprint density at radius 1 is 1.26 bits per heavy atom. The van der Waals surface area contributed by atoms with Gasteiger partial charge in [-0.05, 0) is 33.6 Å². The van der Waals surface area contributed by atoms with Crippen LogP contribution in [-0.2, 0) is 11.3 Å². The third-order valence-electron chi connectivity index (χ3n) is 2.49. The maximum absolute atomic E-state index is 13.3. The molecule has 3 nitrogen and oxygen atoms in total. The Labute approximate surface area is 119 Å². The number of nitrogen functional groups attached to an aromatic ring is 1. The number of nitrogens with two attached hydrogens (primary N) is 1. The van der Waals surface area contributed by atoms with Crippen LogP contribution >= 0.6 is 15.9 Å². The molecule has 2 aromatic carbocycles. The lowest BCUT2D eigenvalue weighted by atomic mass is 10.2. The van der Waals surface area contributed by atoms with Gasteiger partial charge < -0.3 is 15.2 Å². The minimum absolute atomic E-state index is 0.248. The molecule has 0 amide bonds. The monoisotopic (exact) mass is 325 g/mol. The van der Waals surface area contributed by atoms with E-state index in [0.717, 1.165) is 5.56 Å². The number of hydrogen-bond acceptors (Lipinski definition) is 3. The van der Waals surface area contributed by atoms with Crippen LogP contribution in [0, 0.1) is 5.82 Å². The largest absolute Gasteiger partial charge is 0.455 e. The van der Waals surface area contributed by atoms with Crippen molar-refractivity contribution in [1.29, 1.82) is 0 Å². The van der Waals surface area contributed by atoms with E-state index in [2.05, 4.69) is 15.9 Å². The molecule has 2 N–H and O–H groups in total. The maximum Gasteiger partial charge on any atom is 0.151 e. The van der Waals surface area contributed by atoms with Crippen LogP contribution in [0.25, 0.3) is 0 Å². The molecule has 5 heteroatoms. The van der Waals surface area contributed by atoms with E-state index in [4.69, 9.17) is 15.2 Å². The maximum atomic E-state index is 13.3. The lowest BCUT2D eigenvalue weighted by Gasteiger charge is -2.10. The summed E-state index contributed by atoms with van der Waals surface area (Å²) in [4.78, 5) is 0. The van der Waals surface area contributed by atoms with Gasteiger partial charge in [0.15, 0.2) is 5.75 Å². The van der Waals surface area contributed by atoms with E-state index in [-0.39, 0.29) is 5.69 Å². The van der Waals surface area contributed by atoms with Crippen LogP contribution in [0.3, 0.4) is 0 Å². The second-order valence-electron chi connectivity index (χ2n) is 3.99. The summed E-state index contributed by atoms with van der Waals surface area (Å²) < 4.78 is 24.3. The van der Waals surface area contributed by atoms with Crippen LogP contribution < -0.4 is 10.5 Å². The highest BCUT2D eigenvalue weighted by Gasteiger charge is 2.08. The number of ether oxygens (including phenoxy) is 2. The molecule has 2 aromatic rings. The zero-order valence-corrected chi connectivity index (χ0v) is 11.9. The molecule has 0 saturated heterocycles. The van der Waals surface area contributed by atoms with Gasteiger partial charge in [-0.3, -0.25) is 0 Å². The fourth-order valence-corrected chi connectivity index (χ4v) is 1.95. The smallest absolute Gasteiger partial charge is 0.151 e. The molecule has 100 valence electrons. The van der Waals surface area contributed by atoms with Crippen molar-refractivity contribution in [3.05, 3.63) is 52.3 Å². The molecule has 0 unspecified atom stereocenters. The third-order valence-corrected chi connectivity index (χ3v) is 3.10. The van der Waals surface area contributed by atoms with Crippen LogP contribution in [0.15, 0.2) is 40.9 Å². The van der Waals surface area contributed by atoms with Crippen LogP contribution in [0.4, 0.5) is 10.1 Å². The first-order chi connectivity index (χ1) is 9.10. The molecule has 0 bridgehead atoms. The quantitative estimate of drug-likeness (QED) is 0.860. The molecule has 0 spiro atoms. The van der Waals surface area contributed by atoms with Gasteiger partial charge in [0.25, 0.3) is 0 Å². The standard InChI is InChI=1S/C14H13BrFNO2/c1-18-8-9-3-2-4-10(5-9)19-14-6-11(15)12(16)7-13(14)17/h2-7H,8,17H2,1H3. The topological polar surface area (TPSA) is 44.5 Å². The molecule has 0 atom stereocenters. The molecule has 0 aromatic heterocycles. The highest BCUT2D eigenvalue weighted by atomic mass is 79.9. The van der Waals surface area contributed by atoms with E-state index in [0.29, 0.717) is 22.6 Å². The van der Waals surface area contributed by atoms with Gasteiger partial charge in [0.05, 0.1) is 16.8 Å². The highest BCUT2D eigenvalue weighted by Crippen LogP contribution is 2.32. The van der Waals surface area contributed by atoms with Crippen LogP contribution in [-0.4, -0.2) is 7.11 Å². The summed E-state index contributed by atoms with van der Waals surface area (Å²) in [6, 6.07) is 10.2. The number of halogens is 2. The Balaban J connectivity index is 2.25. The van der Waals surface area contributed by atoms with Gasteiger partial charge in [0.1, 0.15) is 11.6 Å². The average Bonchev–Trinajstić information content (AvgIpc) is 2.37. The molecule has 0 heterocycles. The van der Waals surface area contributed by atoms with Crippen molar-refractivity contribution in [3.63, 3.8) is 0 Å². The minimum atomic E-state index is -0.419. The van der Waals surface area contributed by atoms with Crippen molar-refractivity contribution in [2.75, 3.05) is 12.8 Å². The number of hydrogen-bond donors (Lipinski definition) is 1. The Morgan fingerprint density at radius 2 is 2.05 bits per heavy atom. The van der Waals surface area contributed by atoms with Crippen LogP contribution in [0.1, 0.15) is 5.56 Å². The van der Waals surface area contributed by atoms with E-state index in [9.17, 15) is 4.39 Å². The zero-order valence-electron chi connectivity index (χ0n) is 10.3. The summed E-state index contributed by atoms with van der Waals surface area (Å²) >= 11 is 3.10. The van der Waals surface area contributed by atoms with Crippen LogP contribution in [0.2, 0.25) is 0 Å². The molecule has 0 aliphatic heterocycles. The van der Waals surface area contributed by atoms with E-state index in [1.807, 2.05) is 18.2 Å². The molecule has 0 aliphatic carbocycles. The van der Waals surface area contributed by atoms with Gasteiger partial charge in [-0.2, -0.15) is 0 Å². The highest BCUT2D eigenvalue weighted by molar-refractivity contribution is 9.10. The van der Waals surface area contributed by atoms with Crippen molar-refractivity contribution in [2.45, 2.75) is 6.61 Å². The summed E-state index contributed by atoms with van der Waals surface area (Å²) in [5, 5.41) is 0. The number of rotatable bonds is 4. The average molecular weight is 326 g/mol.